The van der Waals surface area contributed by atoms with Gasteiger partial charge in [0.25, 0.3) is 0 Å². The van der Waals surface area contributed by atoms with E-state index in [1.165, 1.54) is 0 Å². The zero-order valence-corrected chi connectivity index (χ0v) is 12.8. The Morgan fingerprint density at radius 1 is 1.25 bits per heavy atom. The van der Waals surface area contributed by atoms with Gasteiger partial charge in [0.05, 0.1) is 10.8 Å². The number of aromatic nitrogens is 1. The molecule has 102 valence electrons. The molecule has 0 bridgehead atoms. The van der Waals surface area contributed by atoms with Crippen LogP contribution in [0.25, 0.3) is 11.1 Å². The van der Waals surface area contributed by atoms with E-state index in [0.717, 1.165) is 9.37 Å². The number of oxazole rings is 1. The Hall–Kier alpha value is -1.66. The van der Waals surface area contributed by atoms with Crippen molar-refractivity contribution in [3.8, 4) is 0 Å². The molecule has 1 atom stereocenters. The van der Waals surface area contributed by atoms with Crippen molar-refractivity contribution in [1.82, 2.24) is 4.98 Å². The number of benzene rings is 2. The molecule has 3 aromatic rings. The molecular weight excluding hydrogens is 340 g/mol. The van der Waals surface area contributed by atoms with Crippen molar-refractivity contribution in [2.75, 3.05) is 5.73 Å². The quantitative estimate of drug-likeness (QED) is 0.734. The molecule has 1 heterocycles. The third-order valence-corrected chi connectivity index (χ3v) is 4.55. The van der Waals surface area contributed by atoms with Crippen LogP contribution in [0.1, 0.15) is 5.89 Å². The van der Waals surface area contributed by atoms with Crippen LogP contribution in [0.3, 0.4) is 0 Å². The van der Waals surface area contributed by atoms with E-state index in [2.05, 4.69) is 20.9 Å². The lowest BCUT2D eigenvalue weighted by molar-refractivity contribution is 0.552. The molecule has 0 fully saturated rings. The molecule has 6 heteroatoms. The van der Waals surface area contributed by atoms with Crippen LogP contribution >= 0.6 is 15.9 Å². The highest BCUT2D eigenvalue weighted by Crippen LogP contribution is 2.21. The van der Waals surface area contributed by atoms with Crippen LogP contribution in [-0.4, -0.2) is 9.19 Å². The van der Waals surface area contributed by atoms with Crippen LogP contribution in [0.15, 0.2) is 56.2 Å². The summed E-state index contributed by atoms with van der Waals surface area (Å²) in [5, 5.41) is 0. The summed E-state index contributed by atoms with van der Waals surface area (Å²) in [7, 11) is -1.19. The van der Waals surface area contributed by atoms with E-state index in [-0.39, 0.29) is 5.75 Å². The van der Waals surface area contributed by atoms with Crippen molar-refractivity contribution < 1.29 is 8.63 Å². The zero-order valence-electron chi connectivity index (χ0n) is 10.4. The SMILES string of the molecule is Nc1ccc2oc(CS(=O)c3cccc(Br)c3)nc2c1. The first-order chi connectivity index (χ1) is 9.61. The molecule has 4 nitrogen and oxygen atoms in total. The second-order valence-corrected chi connectivity index (χ2v) is 6.65. The predicted octanol–water partition coefficient (Wildman–Crippen LogP) is 3.48. The second-order valence-electron chi connectivity index (χ2n) is 4.28. The van der Waals surface area contributed by atoms with Crippen LogP contribution in [0, 0.1) is 0 Å². The molecule has 0 spiro atoms. The van der Waals surface area contributed by atoms with Gasteiger partial charge in [-0.2, -0.15) is 0 Å². The van der Waals surface area contributed by atoms with E-state index < -0.39 is 10.8 Å². The monoisotopic (exact) mass is 350 g/mol. The maximum Gasteiger partial charge on any atom is 0.208 e. The van der Waals surface area contributed by atoms with Crippen molar-refractivity contribution in [1.29, 1.82) is 0 Å². The summed E-state index contributed by atoms with van der Waals surface area (Å²) in [6.07, 6.45) is 0. The molecule has 3 rings (SSSR count). The fourth-order valence-corrected chi connectivity index (χ4v) is 3.41. The first-order valence-electron chi connectivity index (χ1n) is 5.91. The lowest BCUT2D eigenvalue weighted by atomic mass is 10.3. The summed E-state index contributed by atoms with van der Waals surface area (Å²) >= 11 is 3.36. The summed E-state index contributed by atoms with van der Waals surface area (Å²) in [5.41, 5.74) is 7.66. The third-order valence-electron chi connectivity index (χ3n) is 2.77. The van der Waals surface area contributed by atoms with E-state index in [1.54, 1.807) is 18.2 Å². The van der Waals surface area contributed by atoms with Gasteiger partial charge in [-0.25, -0.2) is 4.98 Å². The molecule has 1 unspecified atom stereocenters. The van der Waals surface area contributed by atoms with Crippen LogP contribution in [0.2, 0.25) is 0 Å². The van der Waals surface area contributed by atoms with Gasteiger partial charge < -0.3 is 10.2 Å². The Bertz CT molecular complexity index is 801. The van der Waals surface area contributed by atoms with Crippen molar-refractivity contribution in [2.45, 2.75) is 10.6 Å². The minimum atomic E-state index is -1.19. The minimum Gasteiger partial charge on any atom is -0.440 e. The van der Waals surface area contributed by atoms with E-state index in [4.69, 9.17) is 10.2 Å². The largest absolute Gasteiger partial charge is 0.440 e. The molecule has 0 aliphatic rings. The summed E-state index contributed by atoms with van der Waals surface area (Å²) in [5.74, 6) is 0.689. The number of anilines is 1. The Morgan fingerprint density at radius 2 is 2.10 bits per heavy atom. The van der Waals surface area contributed by atoms with Crippen LogP contribution in [0.5, 0.6) is 0 Å². The number of nitrogens with zero attached hydrogens (tertiary/aromatic N) is 1. The summed E-state index contributed by atoms with van der Waals surface area (Å²) in [4.78, 5) is 5.05. The lowest BCUT2D eigenvalue weighted by Crippen LogP contribution is -1.96. The Kier molecular flexibility index (Phi) is 3.58. The number of fused-ring (bicyclic) bond motifs is 1. The normalized spacial score (nSPS) is 12.7. The zero-order chi connectivity index (χ0) is 14.1. The highest BCUT2D eigenvalue weighted by atomic mass is 79.9. The van der Waals surface area contributed by atoms with Gasteiger partial charge in [-0.15, -0.1) is 0 Å². The highest BCUT2D eigenvalue weighted by molar-refractivity contribution is 9.10. The van der Waals surface area contributed by atoms with E-state index in [1.807, 2.05) is 24.3 Å². The summed E-state index contributed by atoms with van der Waals surface area (Å²) in [6.45, 7) is 0. The van der Waals surface area contributed by atoms with Gasteiger partial charge in [0.15, 0.2) is 5.58 Å². The predicted molar refractivity (Wildman–Crippen MR) is 82.7 cm³/mol. The van der Waals surface area contributed by atoms with Gasteiger partial charge in [0.1, 0.15) is 11.3 Å². The average molecular weight is 351 g/mol. The smallest absolute Gasteiger partial charge is 0.208 e. The van der Waals surface area contributed by atoms with Crippen molar-refractivity contribution in [3.05, 3.63) is 52.8 Å². The molecule has 2 aromatic carbocycles. The number of nitrogens with two attached hydrogens (primary N) is 1. The first kappa shape index (κ1) is 13.3. The number of nitrogen functional groups attached to an aromatic ring is 1. The van der Waals surface area contributed by atoms with Crippen molar-refractivity contribution in [3.63, 3.8) is 0 Å². The fourth-order valence-electron chi connectivity index (χ4n) is 1.86. The summed E-state index contributed by atoms with van der Waals surface area (Å²) < 4.78 is 18.7. The minimum absolute atomic E-state index is 0.241. The van der Waals surface area contributed by atoms with Gasteiger partial charge in [0.2, 0.25) is 5.89 Å². The van der Waals surface area contributed by atoms with Gasteiger partial charge in [-0.3, -0.25) is 4.21 Å². The van der Waals surface area contributed by atoms with Crippen LogP contribution in [0.4, 0.5) is 5.69 Å². The molecule has 0 saturated heterocycles. The molecule has 0 radical (unpaired) electrons. The fraction of sp³-hybridized carbons (Fsp3) is 0.0714. The van der Waals surface area contributed by atoms with Gasteiger partial charge in [0, 0.05) is 15.1 Å². The topological polar surface area (TPSA) is 69.1 Å². The second kappa shape index (κ2) is 5.38. The molecule has 0 aliphatic carbocycles. The first-order valence-corrected chi connectivity index (χ1v) is 8.02. The molecule has 0 saturated carbocycles. The Labute approximate surface area is 126 Å². The van der Waals surface area contributed by atoms with Crippen molar-refractivity contribution in [2.24, 2.45) is 0 Å². The Morgan fingerprint density at radius 3 is 2.90 bits per heavy atom. The van der Waals surface area contributed by atoms with Gasteiger partial charge >= 0.3 is 0 Å². The number of hydrogen-bond donors (Lipinski definition) is 1. The van der Waals surface area contributed by atoms with Crippen LogP contribution < -0.4 is 5.73 Å². The number of hydrogen-bond acceptors (Lipinski definition) is 4. The van der Waals surface area contributed by atoms with Crippen LogP contribution in [-0.2, 0) is 16.6 Å². The average Bonchev–Trinajstić information content (AvgIpc) is 2.80. The number of halogens is 1. The standard InChI is InChI=1S/C14H11BrN2O2S/c15-9-2-1-3-11(6-9)20(18)8-14-17-12-7-10(16)4-5-13(12)19-14/h1-7H,8,16H2. The molecule has 2 N–H and O–H groups in total. The van der Waals surface area contributed by atoms with E-state index >= 15 is 0 Å². The van der Waals surface area contributed by atoms with E-state index in [9.17, 15) is 4.21 Å². The molecule has 1 aromatic heterocycles. The molecule has 0 amide bonds. The molecular formula is C14H11BrN2O2S. The maximum atomic E-state index is 12.3. The van der Waals surface area contributed by atoms with Crippen molar-refractivity contribution >= 4 is 43.5 Å². The third kappa shape index (κ3) is 2.76. The van der Waals surface area contributed by atoms with Gasteiger partial charge in [-0.1, -0.05) is 22.0 Å². The summed E-state index contributed by atoms with van der Waals surface area (Å²) in [6, 6.07) is 12.7. The lowest BCUT2D eigenvalue weighted by Gasteiger charge is -1.99. The molecule has 20 heavy (non-hydrogen) atoms. The Balaban J connectivity index is 1.87. The number of rotatable bonds is 3. The maximum absolute atomic E-state index is 12.3. The van der Waals surface area contributed by atoms with Gasteiger partial charge in [-0.05, 0) is 36.4 Å². The molecule has 0 aliphatic heterocycles. The van der Waals surface area contributed by atoms with E-state index in [0.29, 0.717) is 22.7 Å². The highest BCUT2D eigenvalue weighted by Gasteiger charge is 2.11.